The molecule has 0 unspecified atom stereocenters. The van der Waals surface area contributed by atoms with Crippen LogP contribution in [-0.2, 0) is 9.59 Å². The molecule has 2 amide bonds. The van der Waals surface area contributed by atoms with Gasteiger partial charge in [-0.05, 0) is 45.2 Å². The molecule has 1 N–H and O–H groups in total. The highest BCUT2D eigenvalue weighted by molar-refractivity contribution is 6.39. The third-order valence-electron chi connectivity index (χ3n) is 3.40. The molecule has 0 spiro atoms. The lowest BCUT2D eigenvalue weighted by Crippen LogP contribution is -2.49. The van der Waals surface area contributed by atoms with Crippen molar-refractivity contribution < 1.29 is 9.59 Å². The van der Waals surface area contributed by atoms with E-state index in [1.165, 1.54) is 0 Å². The summed E-state index contributed by atoms with van der Waals surface area (Å²) < 4.78 is 0. The molecule has 0 saturated heterocycles. The summed E-state index contributed by atoms with van der Waals surface area (Å²) in [6, 6.07) is 7.58. The zero-order valence-electron chi connectivity index (χ0n) is 13.9. The molecule has 0 aliphatic heterocycles. The molecule has 1 rings (SSSR count). The van der Waals surface area contributed by atoms with Crippen molar-refractivity contribution in [1.29, 1.82) is 0 Å². The first-order valence-corrected chi connectivity index (χ1v) is 7.40. The van der Waals surface area contributed by atoms with Gasteiger partial charge in [0.2, 0.25) is 0 Å². The SMILES string of the molecule is CCN(C(=O)C(=O)Nc1ccccc1C(C)C)C(C)(C)C. The van der Waals surface area contributed by atoms with Gasteiger partial charge in [0, 0.05) is 17.8 Å². The van der Waals surface area contributed by atoms with E-state index in [2.05, 4.69) is 19.2 Å². The molecule has 0 aliphatic carbocycles. The number of hydrogen-bond donors (Lipinski definition) is 1. The number of hydrogen-bond acceptors (Lipinski definition) is 2. The number of anilines is 1. The largest absolute Gasteiger partial charge is 0.330 e. The average molecular weight is 290 g/mol. The van der Waals surface area contributed by atoms with Crippen molar-refractivity contribution in [3.63, 3.8) is 0 Å². The number of carbonyl (C=O) groups is 2. The molecule has 21 heavy (non-hydrogen) atoms. The molecule has 0 aromatic heterocycles. The Bertz CT molecular complexity index is 516. The number of amides is 2. The Balaban J connectivity index is 2.94. The Morgan fingerprint density at radius 1 is 1.19 bits per heavy atom. The van der Waals surface area contributed by atoms with Crippen LogP contribution >= 0.6 is 0 Å². The Morgan fingerprint density at radius 2 is 1.76 bits per heavy atom. The van der Waals surface area contributed by atoms with Gasteiger partial charge in [-0.2, -0.15) is 0 Å². The summed E-state index contributed by atoms with van der Waals surface area (Å²) in [6.45, 7) is 12.2. The predicted octanol–water partition coefficient (Wildman–Crippen LogP) is 3.40. The fourth-order valence-electron chi connectivity index (χ4n) is 2.34. The number of nitrogens with zero attached hydrogens (tertiary/aromatic N) is 1. The lowest BCUT2D eigenvalue weighted by molar-refractivity contribution is -0.146. The lowest BCUT2D eigenvalue weighted by Gasteiger charge is -2.34. The molecule has 4 nitrogen and oxygen atoms in total. The summed E-state index contributed by atoms with van der Waals surface area (Å²) >= 11 is 0. The van der Waals surface area contributed by atoms with Crippen LogP contribution < -0.4 is 5.32 Å². The minimum atomic E-state index is -0.583. The van der Waals surface area contributed by atoms with Gasteiger partial charge in [0.25, 0.3) is 0 Å². The Labute approximate surface area is 127 Å². The van der Waals surface area contributed by atoms with E-state index in [4.69, 9.17) is 0 Å². The van der Waals surface area contributed by atoms with Crippen molar-refractivity contribution in [2.45, 2.75) is 53.0 Å². The van der Waals surface area contributed by atoms with Crippen molar-refractivity contribution >= 4 is 17.5 Å². The van der Waals surface area contributed by atoms with Crippen molar-refractivity contribution in [3.05, 3.63) is 29.8 Å². The van der Waals surface area contributed by atoms with Crippen molar-refractivity contribution in [2.24, 2.45) is 0 Å². The molecule has 1 aromatic rings. The van der Waals surface area contributed by atoms with E-state index in [-0.39, 0.29) is 11.5 Å². The minimum Gasteiger partial charge on any atom is -0.330 e. The number of para-hydroxylation sites is 1. The maximum Gasteiger partial charge on any atom is 0.313 e. The monoisotopic (exact) mass is 290 g/mol. The fraction of sp³-hybridized carbons (Fsp3) is 0.529. The van der Waals surface area contributed by atoms with Crippen LogP contribution in [0, 0.1) is 0 Å². The summed E-state index contributed by atoms with van der Waals surface area (Å²) in [7, 11) is 0. The third kappa shape index (κ3) is 4.31. The number of carbonyl (C=O) groups excluding carboxylic acids is 2. The first kappa shape index (κ1) is 17.2. The van der Waals surface area contributed by atoms with Gasteiger partial charge in [-0.25, -0.2) is 0 Å². The second-order valence-corrected chi connectivity index (χ2v) is 6.42. The molecule has 0 atom stereocenters. The lowest BCUT2D eigenvalue weighted by atomic mass is 10.0. The summed E-state index contributed by atoms with van der Waals surface area (Å²) in [5.41, 5.74) is 1.36. The first-order valence-electron chi connectivity index (χ1n) is 7.40. The molecule has 4 heteroatoms. The standard InChI is InChI=1S/C17H26N2O2/c1-7-19(17(4,5)6)16(21)15(20)18-14-11-9-8-10-13(14)12(2)3/h8-12H,7H2,1-6H3,(H,18,20). The zero-order valence-corrected chi connectivity index (χ0v) is 13.9. The molecule has 0 saturated carbocycles. The van der Waals surface area contributed by atoms with Crippen molar-refractivity contribution in [3.8, 4) is 0 Å². The molecule has 116 valence electrons. The Kier molecular flexibility index (Phi) is 5.53. The molecule has 0 fully saturated rings. The second-order valence-electron chi connectivity index (χ2n) is 6.42. The Morgan fingerprint density at radius 3 is 2.24 bits per heavy atom. The zero-order chi connectivity index (χ0) is 16.2. The molecule has 0 bridgehead atoms. The van der Waals surface area contributed by atoms with Gasteiger partial charge in [-0.3, -0.25) is 9.59 Å². The van der Waals surface area contributed by atoms with E-state index in [9.17, 15) is 9.59 Å². The van der Waals surface area contributed by atoms with E-state index < -0.39 is 11.8 Å². The topological polar surface area (TPSA) is 49.4 Å². The highest BCUT2D eigenvalue weighted by Gasteiger charge is 2.29. The van der Waals surface area contributed by atoms with Crippen LogP contribution in [0.1, 0.15) is 53.0 Å². The van der Waals surface area contributed by atoms with Gasteiger partial charge >= 0.3 is 11.8 Å². The smallest absolute Gasteiger partial charge is 0.313 e. The minimum absolute atomic E-state index is 0.279. The van der Waals surface area contributed by atoms with Gasteiger partial charge in [0.05, 0.1) is 0 Å². The van der Waals surface area contributed by atoms with E-state index >= 15 is 0 Å². The van der Waals surface area contributed by atoms with E-state index in [0.29, 0.717) is 12.2 Å². The first-order chi connectivity index (χ1) is 9.68. The highest BCUT2D eigenvalue weighted by Crippen LogP contribution is 2.24. The maximum atomic E-state index is 12.3. The molecular formula is C17H26N2O2. The fourth-order valence-corrected chi connectivity index (χ4v) is 2.34. The average Bonchev–Trinajstić information content (AvgIpc) is 2.38. The van der Waals surface area contributed by atoms with Crippen LogP contribution in [0.2, 0.25) is 0 Å². The van der Waals surface area contributed by atoms with Gasteiger partial charge in [0.15, 0.2) is 0 Å². The van der Waals surface area contributed by atoms with Crippen LogP contribution in [0.3, 0.4) is 0 Å². The number of benzene rings is 1. The predicted molar refractivity (Wildman–Crippen MR) is 86.3 cm³/mol. The summed E-state index contributed by atoms with van der Waals surface area (Å²) in [6.07, 6.45) is 0. The molecule has 0 heterocycles. The Hall–Kier alpha value is -1.84. The number of nitrogens with one attached hydrogen (secondary N) is 1. The maximum absolute atomic E-state index is 12.3. The van der Waals surface area contributed by atoms with Crippen molar-refractivity contribution in [2.75, 3.05) is 11.9 Å². The molecule has 0 aliphatic rings. The normalized spacial score (nSPS) is 11.4. The van der Waals surface area contributed by atoms with Crippen LogP contribution in [0.5, 0.6) is 0 Å². The highest BCUT2D eigenvalue weighted by atomic mass is 16.2. The number of rotatable bonds is 3. The molecular weight excluding hydrogens is 264 g/mol. The van der Waals surface area contributed by atoms with Crippen molar-refractivity contribution in [1.82, 2.24) is 4.90 Å². The van der Waals surface area contributed by atoms with Crippen LogP contribution in [0.15, 0.2) is 24.3 Å². The summed E-state index contributed by atoms with van der Waals surface area (Å²) in [5.74, 6) is -0.801. The van der Waals surface area contributed by atoms with Crippen LogP contribution in [0.25, 0.3) is 0 Å². The second kappa shape index (κ2) is 6.74. The van der Waals surface area contributed by atoms with Crippen LogP contribution in [0.4, 0.5) is 5.69 Å². The van der Waals surface area contributed by atoms with Gasteiger partial charge in [0.1, 0.15) is 0 Å². The van der Waals surface area contributed by atoms with Gasteiger partial charge in [-0.1, -0.05) is 32.0 Å². The molecule has 0 radical (unpaired) electrons. The van der Waals surface area contributed by atoms with E-state index in [1.54, 1.807) is 4.90 Å². The van der Waals surface area contributed by atoms with Gasteiger partial charge < -0.3 is 10.2 Å². The number of likely N-dealkylation sites (N-methyl/N-ethyl adjacent to an activating group) is 1. The van der Waals surface area contributed by atoms with E-state index in [0.717, 1.165) is 5.56 Å². The van der Waals surface area contributed by atoms with Gasteiger partial charge in [-0.15, -0.1) is 0 Å². The van der Waals surface area contributed by atoms with Crippen LogP contribution in [-0.4, -0.2) is 28.8 Å². The summed E-state index contributed by atoms with van der Waals surface area (Å²) in [4.78, 5) is 26.1. The molecule has 1 aromatic carbocycles. The quantitative estimate of drug-likeness (QED) is 0.867. The summed E-state index contributed by atoms with van der Waals surface area (Å²) in [5, 5.41) is 2.75. The van der Waals surface area contributed by atoms with E-state index in [1.807, 2.05) is 52.0 Å². The third-order valence-corrected chi connectivity index (χ3v) is 3.40.